The summed E-state index contributed by atoms with van der Waals surface area (Å²) in [5.41, 5.74) is 0.979. The van der Waals surface area contributed by atoms with Gasteiger partial charge in [-0.3, -0.25) is 9.00 Å². The Morgan fingerprint density at radius 1 is 1.17 bits per heavy atom. The van der Waals surface area contributed by atoms with Crippen LogP contribution in [0.15, 0.2) is 42.5 Å². The van der Waals surface area contributed by atoms with Crippen LogP contribution in [0.1, 0.15) is 15.2 Å². The minimum atomic E-state index is -1.18. The van der Waals surface area contributed by atoms with Crippen LogP contribution in [0.3, 0.4) is 0 Å². The fourth-order valence-corrected chi connectivity index (χ4v) is 3.68. The maximum atomic E-state index is 11.9. The molecule has 2 aromatic rings. The first-order valence-electron chi connectivity index (χ1n) is 5.32. The first-order chi connectivity index (χ1) is 8.65. The van der Waals surface area contributed by atoms with Gasteiger partial charge in [-0.2, -0.15) is 0 Å². The number of thiophene rings is 1. The number of hydrogen-bond acceptors (Lipinski definition) is 3. The van der Waals surface area contributed by atoms with Crippen LogP contribution in [-0.2, 0) is 16.6 Å². The average molecular weight is 299 g/mol. The van der Waals surface area contributed by atoms with E-state index in [1.165, 1.54) is 11.3 Å². The highest BCUT2D eigenvalue weighted by atomic mass is 35.5. The number of benzene rings is 1. The van der Waals surface area contributed by atoms with Gasteiger partial charge in [0.2, 0.25) is 0 Å². The summed E-state index contributed by atoms with van der Waals surface area (Å²) in [5, 5.41) is 0. The van der Waals surface area contributed by atoms with Crippen LogP contribution in [-0.4, -0.2) is 15.7 Å². The van der Waals surface area contributed by atoms with E-state index in [2.05, 4.69) is 0 Å². The Labute approximate surface area is 117 Å². The lowest BCUT2D eigenvalue weighted by Gasteiger charge is -2.01. The van der Waals surface area contributed by atoms with Gasteiger partial charge in [0.1, 0.15) is 0 Å². The minimum absolute atomic E-state index is 0.0474. The molecule has 0 saturated carbocycles. The summed E-state index contributed by atoms with van der Waals surface area (Å²) in [4.78, 5) is 12.4. The standard InChI is InChI=1S/C13H11ClO2S2/c14-13-7-6-12(17-13)11(15)9-18(16)8-10-4-2-1-3-5-10/h1-7H,8-9H2. The second-order valence-corrected chi connectivity index (χ2v) is 6.91. The van der Waals surface area contributed by atoms with Gasteiger partial charge in [0.25, 0.3) is 0 Å². The minimum Gasteiger partial charge on any atom is -0.292 e. The van der Waals surface area contributed by atoms with Crippen molar-refractivity contribution in [2.75, 3.05) is 5.75 Å². The van der Waals surface area contributed by atoms with Gasteiger partial charge < -0.3 is 0 Å². The lowest BCUT2D eigenvalue weighted by molar-refractivity contribution is 0.102. The van der Waals surface area contributed by atoms with E-state index in [-0.39, 0.29) is 11.5 Å². The van der Waals surface area contributed by atoms with E-state index in [0.29, 0.717) is 15.0 Å². The molecule has 18 heavy (non-hydrogen) atoms. The third-order valence-corrected chi connectivity index (χ3v) is 4.82. The summed E-state index contributed by atoms with van der Waals surface area (Å²) in [6.45, 7) is 0. The van der Waals surface area contributed by atoms with Crippen LogP contribution < -0.4 is 0 Å². The van der Waals surface area contributed by atoms with Crippen molar-refractivity contribution in [3.63, 3.8) is 0 Å². The molecule has 1 atom stereocenters. The molecule has 2 rings (SSSR count). The molecule has 1 heterocycles. The first kappa shape index (κ1) is 13.5. The van der Waals surface area contributed by atoms with E-state index < -0.39 is 10.8 Å². The van der Waals surface area contributed by atoms with E-state index in [9.17, 15) is 9.00 Å². The number of rotatable bonds is 5. The highest BCUT2D eigenvalue weighted by Gasteiger charge is 2.13. The van der Waals surface area contributed by atoms with Crippen molar-refractivity contribution in [2.45, 2.75) is 5.75 Å². The molecule has 94 valence electrons. The first-order valence-corrected chi connectivity index (χ1v) is 8.01. The molecule has 0 fully saturated rings. The zero-order valence-electron chi connectivity index (χ0n) is 9.47. The molecule has 0 radical (unpaired) electrons. The Morgan fingerprint density at radius 3 is 2.50 bits per heavy atom. The quantitative estimate of drug-likeness (QED) is 0.791. The fraction of sp³-hybridized carbons (Fsp3) is 0.154. The maximum absolute atomic E-state index is 11.9. The summed E-state index contributed by atoms with van der Waals surface area (Å²) in [5.74, 6) is 0.346. The summed E-state index contributed by atoms with van der Waals surface area (Å²) >= 11 is 6.99. The molecule has 5 heteroatoms. The van der Waals surface area contributed by atoms with Crippen molar-refractivity contribution in [1.29, 1.82) is 0 Å². The van der Waals surface area contributed by atoms with Gasteiger partial charge in [0.05, 0.1) is 15.0 Å². The fourth-order valence-electron chi connectivity index (χ4n) is 1.49. The molecule has 0 spiro atoms. The zero-order valence-corrected chi connectivity index (χ0v) is 11.9. The van der Waals surface area contributed by atoms with Gasteiger partial charge in [-0.25, -0.2) is 0 Å². The largest absolute Gasteiger partial charge is 0.292 e. The lowest BCUT2D eigenvalue weighted by atomic mass is 10.2. The molecule has 1 unspecified atom stereocenters. The number of hydrogen-bond donors (Lipinski definition) is 0. The smallest absolute Gasteiger partial charge is 0.185 e. The molecule has 1 aromatic heterocycles. The summed E-state index contributed by atoms with van der Waals surface area (Å²) < 4.78 is 12.4. The van der Waals surface area contributed by atoms with Gasteiger partial charge in [0, 0.05) is 16.6 Å². The second kappa shape index (κ2) is 6.27. The topological polar surface area (TPSA) is 34.1 Å². The van der Waals surface area contributed by atoms with E-state index in [0.717, 1.165) is 5.56 Å². The Morgan fingerprint density at radius 2 is 1.89 bits per heavy atom. The van der Waals surface area contributed by atoms with Crippen LogP contribution in [0.5, 0.6) is 0 Å². The van der Waals surface area contributed by atoms with Crippen molar-refractivity contribution in [1.82, 2.24) is 0 Å². The average Bonchev–Trinajstić information content (AvgIpc) is 2.77. The summed E-state index contributed by atoms with van der Waals surface area (Å²) in [6.07, 6.45) is 0. The van der Waals surface area contributed by atoms with Gasteiger partial charge in [0.15, 0.2) is 5.78 Å². The Hall–Kier alpha value is -0.970. The van der Waals surface area contributed by atoms with E-state index >= 15 is 0 Å². The second-order valence-electron chi connectivity index (χ2n) is 3.74. The highest BCUT2D eigenvalue weighted by Crippen LogP contribution is 2.22. The van der Waals surface area contributed by atoms with Crippen molar-refractivity contribution < 1.29 is 9.00 Å². The summed E-state index contributed by atoms with van der Waals surface area (Å²) in [7, 11) is -1.18. The van der Waals surface area contributed by atoms with Crippen molar-refractivity contribution in [2.24, 2.45) is 0 Å². The van der Waals surface area contributed by atoms with Crippen LogP contribution in [0.4, 0.5) is 0 Å². The molecule has 0 aliphatic heterocycles. The van der Waals surface area contributed by atoms with Crippen molar-refractivity contribution >= 4 is 39.5 Å². The van der Waals surface area contributed by atoms with Gasteiger partial charge in [-0.1, -0.05) is 41.9 Å². The summed E-state index contributed by atoms with van der Waals surface area (Å²) in [6, 6.07) is 12.9. The molecule has 0 saturated heterocycles. The van der Waals surface area contributed by atoms with Crippen LogP contribution in [0.25, 0.3) is 0 Å². The molecular weight excluding hydrogens is 288 g/mol. The van der Waals surface area contributed by atoms with Crippen LogP contribution in [0, 0.1) is 0 Å². The predicted molar refractivity (Wildman–Crippen MR) is 76.8 cm³/mol. The maximum Gasteiger partial charge on any atom is 0.185 e. The predicted octanol–water partition coefficient (Wildman–Crippen LogP) is 3.53. The molecule has 2 nitrogen and oxygen atoms in total. The number of Topliss-reactive ketones (excluding diaryl/α,β-unsaturated/α-hetero) is 1. The zero-order chi connectivity index (χ0) is 13.0. The van der Waals surface area contributed by atoms with Crippen LogP contribution >= 0.6 is 22.9 Å². The number of ketones is 1. The number of carbonyl (C=O) groups excluding carboxylic acids is 1. The SMILES string of the molecule is O=C(CS(=O)Cc1ccccc1)c1ccc(Cl)s1. The Balaban J connectivity index is 1.94. The van der Waals surface area contributed by atoms with E-state index in [1.807, 2.05) is 30.3 Å². The van der Waals surface area contributed by atoms with E-state index in [4.69, 9.17) is 11.6 Å². The molecule has 0 aliphatic carbocycles. The monoisotopic (exact) mass is 298 g/mol. The third-order valence-electron chi connectivity index (χ3n) is 2.31. The van der Waals surface area contributed by atoms with Crippen molar-refractivity contribution in [3.05, 3.63) is 57.2 Å². The number of halogens is 1. The highest BCUT2D eigenvalue weighted by molar-refractivity contribution is 7.85. The number of carbonyl (C=O) groups is 1. The third kappa shape index (κ3) is 3.77. The normalized spacial score (nSPS) is 12.3. The molecule has 0 amide bonds. The molecule has 0 aliphatic rings. The lowest BCUT2D eigenvalue weighted by Crippen LogP contribution is -2.11. The molecule has 1 aromatic carbocycles. The van der Waals surface area contributed by atoms with Gasteiger partial charge >= 0.3 is 0 Å². The molecule has 0 N–H and O–H groups in total. The van der Waals surface area contributed by atoms with Crippen LogP contribution in [0.2, 0.25) is 4.34 Å². The van der Waals surface area contributed by atoms with Crippen molar-refractivity contribution in [3.8, 4) is 0 Å². The van der Waals surface area contributed by atoms with Gasteiger partial charge in [-0.15, -0.1) is 11.3 Å². The molecule has 0 bridgehead atoms. The molecular formula is C13H11ClO2S2. The van der Waals surface area contributed by atoms with E-state index in [1.54, 1.807) is 12.1 Å². The Bertz CT molecular complexity index is 563. The Kier molecular flexibility index (Phi) is 4.69. The van der Waals surface area contributed by atoms with Gasteiger partial charge in [-0.05, 0) is 17.7 Å².